The van der Waals surface area contributed by atoms with Crippen molar-refractivity contribution in [3.05, 3.63) is 58.1 Å². The van der Waals surface area contributed by atoms with Crippen LogP contribution in [0.15, 0.2) is 42.5 Å². The number of hydrogen-bond acceptors (Lipinski definition) is 4. The molecule has 0 aliphatic rings. The molecule has 1 amide bonds. The van der Waals surface area contributed by atoms with Gasteiger partial charge in [-0.2, -0.15) is 0 Å². The molecule has 0 bridgehead atoms. The van der Waals surface area contributed by atoms with Crippen LogP contribution in [-0.4, -0.2) is 18.0 Å². The zero-order valence-electron chi connectivity index (χ0n) is 12.0. The van der Waals surface area contributed by atoms with Crippen molar-refractivity contribution in [1.82, 2.24) is 0 Å². The van der Waals surface area contributed by atoms with Crippen LogP contribution >= 0.6 is 23.2 Å². The third-order valence-corrected chi connectivity index (χ3v) is 3.50. The first-order valence-electron chi connectivity index (χ1n) is 6.61. The normalized spacial score (nSPS) is 11.6. The maximum Gasteiger partial charge on any atom is 0.255 e. The molecule has 23 heavy (non-hydrogen) atoms. The molecule has 0 aliphatic carbocycles. The predicted octanol–water partition coefficient (Wildman–Crippen LogP) is 2.76. The molecule has 1 N–H and O–H groups in total. The lowest BCUT2D eigenvalue weighted by Gasteiger charge is -2.15. The van der Waals surface area contributed by atoms with E-state index in [4.69, 9.17) is 27.9 Å². The lowest BCUT2D eigenvalue weighted by Crippen LogP contribution is -2.37. The molecule has 0 saturated carbocycles. The summed E-state index contributed by atoms with van der Waals surface area (Å²) in [4.78, 5) is 22.8. The minimum absolute atomic E-state index is 0.319. The zero-order chi connectivity index (χ0) is 17.0. The fraction of sp³-hybridized carbons (Fsp3) is 0.125. The van der Waals surface area contributed by atoms with Crippen LogP contribution in [0, 0.1) is 0 Å². The molecule has 2 aromatic carbocycles. The summed E-state index contributed by atoms with van der Waals surface area (Å²) < 4.78 is 5.13. The molecule has 0 heterocycles. The number of amides is 1. The van der Waals surface area contributed by atoms with Crippen molar-refractivity contribution in [2.24, 2.45) is 0 Å². The Morgan fingerprint density at radius 2 is 1.78 bits per heavy atom. The minimum atomic E-state index is -1.32. The van der Waals surface area contributed by atoms with Crippen LogP contribution in [-0.2, 0) is 4.79 Å². The van der Waals surface area contributed by atoms with Gasteiger partial charge in [-0.25, -0.2) is 0 Å². The highest BCUT2D eigenvalue weighted by molar-refractivity contribution is 6.35. The summed E-state index contributed by atoms with van der Waals surface area (Å²) in [6.45, 7) is 1.36. The SMILES string of the molecule is C[C@H](Oc1ccc(C(=O)Nc2cc(Cl)ccc2Cl)cc1)C(=O)[O-]. The summed E-state index contributed by atoms with van der Waals surface area (Å²) in [6.07, 6.45) is -1.08. The highest BCUT2D eigenvalue weighted by Gasteiger charge is 2.10. The van der Waals surface area contributed by atoms with E-state index >= 15 is 0 Å². The average molecular weight is 353 g/mol. The lowest BCUT2D eigenvalue weighted by atomic mass is 10.2. The molecule has 0 radical (unpaired) electrons. The number of hydrogen-bond donors (Lipinski definition) is 1. The second-order valence-corrected chi connectivity index (χ2v) is 5.53. The summed E-state index contributed by atoms with van der Waals surface area (Å²) in [5.41, 5.74) is 0.754. The third-order valence-electron chi connectivity index (χ3n) is 2.94. The number of carbonyl (C=O) groups excluding carboxylic acids is 2. The Kier molecular flexibility index (Phi) is 5.47. The van der Waals surface area contributed by atoms with Gasteiger partial charge in [0.1, 0.15) is 11.9 Å². The Hall–Kier alpha value is -2.24. The van der Waals surface area contributed by atoms with E-state index in [9.17, 15) is 14.7 Å². The van der Waals surface area contributed by atoms with Crippen molar-refractivity contribution in [2.75, 3.05) is 5.32 Å². The van der Waals surface area contributed by atoms with E-state index < -0.39 is 12.1 Å². The van der Waals surface area contributed by atoms with Crippen LogP contribution in [0.4, 0.5) is 5.69 Å². The Morgan fingerprint density at radius 3 is 2.39 bits per heavy atom. The van der Waals surface area contributed by atoms with Gasteiger partial charge in [0.05, 0.1) is 16.7 Å². The van der Waals surface area contributed by atoms with Crippen LogP contribution in [0.3, 0.4) is 0 Å². The molecule has 120 valence electrons. The Morgan fingerprint density at radius 1 is 1.13 bits per heavy atom. The van der Waals surface area contributed by atoms with Crippen molar-refractivity contribution in [3.8, 4) is 5.75 Å². The maximum atomic E-state index is 12.2. The van der Waals surface area contributed by atoms with Gasteiger partial charge in [0, 0.05) is 10.6 Å². The lowest BCUT2D eigenvalue weighted by molar-refractivity contribution is -0.312. The average Bonchev–Trinajstić information content (AvgIpc) is 2.51. The summed E-state index contributed by atoms with van der Waals surface area (Å²) >= 11 is 11.8. The number of carbonyl (C=O) groups is 2. The van der Waals surface area contributed by atoms with Gasteiger partial charge in [-0.05, 0) is 49.4 Å². The van der Waals surface area contributed by atoms with Crippen LogP contribution in [0.2, 0.25) is 10.0 Å². The molecule has 0 unspecified atom stereocenters. The highest BCUT2D eigenvalue weighted by atomic mass is 35.5. The molecule has 5 nitrogen and oxygen atoms in total. The van der Waals surface area contributed by atoms with Crippen LogP contribution in [0.25, 0.3) is 0 Å². The molecule has 2 rings (SSSR count). The predicted molar refractivity (Wildman–Crippen MR) is 86.0 cm³/mol. The van der Waals surface area contributed by atoms with Gasteiger partial charge in [0.2, 0.25) is 0 Å². The van der Waals surface area contributed by atoms with Gasteiger partial charge in [0.15, 0.2) is 0 Å². The van der Waals surface area contributed by atoms with Crippen LogP contribution in [0.5, 0.6) is 5.75 Å². The molecule has 1 atom stereocenters. The first-order valence-corrected chi connectivity index (χ1v) is 7.36. The van der Waals surface area contributed by atoms with Gasteiger partial charge in [-0.3, -0.25) is 4.79 Å². The summed E-state index contributed by atoms with van der Waals surface area (Å²) in [6, 6.07) is 10.7. The Balaban J connectivity index is 2.08. The van der Waals surface area contributed by atoms with Gasteiger partial charge in [-0.15, -0.1) is 0 Å². The summed E-state index contributed by atoms with van der Waals surface area (Å²) in [5, 5.41) is 14.1. The van der Waals surface area contributed by atoms with Crippen LogP contribution < -0.4 is 15.2 Å². The molecular formula is C16H12Cl2NO4-. The second-order valence-electron chi connectivity index (χ2n) is 4.68. The minimum Gasteiger partial charge on any atom is -0.546 e. The van der Waals surface area contributed by atoms with Crippen molar-refractivity contribution in [2.45, 2.75) is 13.0 Å². The number of ether oxygens (including phenoxy) is 1. The molecule has 0 saturated heterocycles. The van der Waals surface area contributed by atoms with Crippen LogP contribution in [0.1, 0.15) is 17.3 Å². The second kappa shape index (κ2) is 7.35. The van der Waals surface area contributed by atoms with E-state index in [2.05, 4.69) is 5.32 Å². The molecule has 0 spiro atoms. The number of aliphatic carboxylic acids is 1. The Labute approximate surface area is 142 Å². The molecule has 0 fully saturated rings. The largest absolute Gasteiger partial charge is 0.546 e. The van der Waals surface area contributed by atoms with E-state index in [1.54, 1.807) is 18.2 Å². The standard InChI is InChI=1S/C16H13Cl2NO4/c1-9(16(21)22)23-12-5-2-10(3-6-12)15(20)19-14-8-11(17)4-7-13(14)18/h2-9H,1H3,(H,19,20)(H,21,22)/p-1/t9-/m0/s1. The monoisotopic (exact) mass is 352 g/mol. The zero-order valence-corrected chi connectivity index (χ0v) is 13.5. The van der Waals surface area contributed by atoms with Gasteiger partial charge >= 0.3 is 0 Å². The summed E-state index contributed by atoms with van der Waals surface area (Å²) in [7, 11) is 0. The van der Waals surface area contributed by atoms with Gasteiger partial charge < -0.3 is 20.0 Å². The van der Waals surface area contributed by atoms with E-state index in [1.165, 1.54) is 31.2 Å². The number of carboxylic acids is 1. The summed E-state index contributed by atoms with van der Waals surface area (Å²) in [5.74, 6) is -1.38. The maximum absolute atomic E-state index is 12.2. The van der Waals surface area contributed by atoms with Crippen molar-refractivity contribution in [1.29, 1.82) is 0 Å². The van der Waals surface area contributed by atoms with Gasteiger partial charge in [-0.1, -0.05) is 23.2 Å². The van der Waals surface area contributed by atoms with E-state index in [-0.39, 0.29) is 5.91 Å². The third kappa shape index (κ3) is 4.61. The fourth-order valence-corrected chi connectivity index (χ4v) is 2.06. The molecule has 0 aromatic heterocycles. The quantitative estimate of drug-likeness (QED) is 0.897. The molecule has 0 aliphatic heterocycles. The molecule has 7 heteroatoms. The molecular weight excluding hydrogens is 341 g/mol. The van der Waals surface area contributed by atoms with Crippen molar-refractivity contribution < 1.29 is 19.4 Å². The van der Waals surface area contributed by atoms with Crippen molar-refractivity contribution >= 4 is 40.8 Å². The highest BCUT2D eigenvalue weighted by Crippen LogP contribution is 2.26. The first kappa shape index (κ1) is 17.1. The molecule has 2 aromatic rings. The number of carboxylic acid groups (broad SMARTS) is 1. The van der Waals surface area contributed by atoms with E-state index in [1.807, 2.05) is 0 Å². The number of halogens is 2. The topological polar surface area (TPSA) is 78.5 Å². The number of benzene rings is 2. The number of nitrogens with one attached hydrogen (secondary N) is 1. The first-order chi connectivity index (χ1) is 10.9. The van der Waals surface area contributed by atoms with Gasteiger partial charge in [0.25, 0.3) is 5.91 Å². The van der Waals surface area contributed by atoms with E-state index in [0.717, 1.165) is 0 Å². The fourth-order valence-electron chi connectivity index (χ4n) is 1.72. The smallest absolute Gasteiger partial charge is 0.255 e. The van der Waals surface area contributed by atoms with E-state index in [0.29, 0.717) is 27.0 Å². The van der Waals surface area contributed by atoms with Crippen molar-refractivity contribution in [3.63, 3.8) is 0 Å². The number of rotatable bonds is 5. The number of anilines is 1. The Bertz CT molecular complexity index is 731.